The average molecular weight is 564 g/mol. The number of aromatic nitrogens is 4. The summed E-state index contributed by atoms with van der Waals surface area (Å²) in [5.74, 6) is 0.0266. The van der Waals surface area contributed by atoms with Crippen molar-refractivity contribution < 1.29 is 17.9 Å². The number of aromatic amines is 1. The first-order valence-electron chi connectivity index (χ1n) is 13.0. The van der Waals surface area contributed by atoms with Crippen LogP contribution in [0, 0.1) is 0 Å². The van der Waals surface area contributed by atoms with Gasteiger partial charge < -0.3 is 9.72 Å². The molecule has 6 rings (SSSR count). The molecular formula is C25H33N5O6S2. The maximum atomic E-state index is 13.3. The molecular weight excluding hydrogens is 530 g/mol. The lowest BCUT2D eigenvalue weighted by Gasteiger charge is -2.52. The van der Waals surface area contributed by atoms with Gasteiger partial charge in [-0.2, -0.15) is 0 Å². The Morgan fingerprint density at radius 3 is 2.34 bits per heavy atom. The van der Waals surface area contributed by atoms with E-state index in [0.29, 0.717) is 75.0 Å². The summed E-state index contributed by atoms with van der Waals surface area (Å²) in [6, 6.07) is 1.43. The van der Waals surface area contributed by atoms with E-state index < -0.39 is 21.5 Å². The maximum Gasteiger partial charge on any atom is 0.349 e. The lowest BCUT2D eigenvalue weighted by atomic mass is 9.57. The number of carbonyl (C=O) groups excluding carboxylic acids is 1. The molecule has 3 aromatic rings. The van der Waals surface area contributed by atoms with Gasteiger partial charge in [0, 0.05) is 24.0 Å². The standard InChI is InChI=1S/C25H33N5O6S2/c1-4-13-29-19-17(20(31)30(14-5-2)23(29)33)26-22(27-19)24-7-10-25(11-8-24,12-9-24)28-38(34,35)16-6-15-37-18(16)21(32)36-3/h6,15,28H,4-5,7-14H2,1-3H3,(H,26,27). The smallest absolute Gasteiger partial charge is 0.349 e. The fourth-order valence-electron chi connectivity index (χ4n) is 6.05. The predicted molar refractivity (Wildman–Crippen MR) is 143 cm³/mol. The first-order valence-corrected chi connectivity index (χ1v) is 15.4. The summed E-state index contributed by atoms with van der Waals surface area (Å²) in [6.45, 7) is 4.72. The van der Waals surface area contributed by atoms with Crippen LogP contribution in [-0.4, -0.2) is 46.1 Å². The number of ether oxygens (including phenoxy) is 1. The first kappa shape index (κ1) is 26.8. The second-order valence-electron chi connectivity index (χ2n) is 10.4. The number of rotatable bonds is 9. The van der Waals surface area contributed by atoms with Crippen molar-refractivity contribution in [3.63, 3.8) is 0 Å². The molecule has 3 aromatic heterocycles. The lowest BCUT2D eigenvalue weighted by molar-refractivity contribution is 0.0602. The van der Waals surface area contributed by atoms with Crippen molar-refractivity contribution in [2.24, 2.45) is 0 Å². The molecule has 3 aliphatic rings. The van der Waals surface area contributed by atoms with E-state index in [-0.39, 0.29) is 26.4 Å². The summed E-state index contributed by atoms with van der Waals surface area (Å²) in [7, 11) is -2.70. The van der Waals surface area contributed by atoms with Gasteiger partial charge in [-0.25, -0.2) is 27.7 Å². The van der Waals surface area contributed by atoms with Crippen molar-refractivity contribution in [2.45, 2.75) is 94.2 Å². The summed E-state index contributed by atoms with van der Waals surface area (Å²) in [6.07, 6.45) is 5.26. The highest BCUT2D eigenvalue weighted by Gasteiger charge is 2.52. The lowest BCUT2D eigenvalue weighted by Crippen LogP contribution is -2.57. The van der Waals surface area contributed by atoms with E-state index in [1.807, 2.05) is 13.8 Å². The molecule has 2 bridgehead atoms. The Bertz CT molecular complexity index is 1590. The summed E-state index contributed by atoms with van der Waals surface area (Å²) in [5, 5.41) is 1.57. The van der Waals surface area contributed by atoms with E-state index in [4.69, 9.17) is 9.72 Å². The van der Waals surface area contributed by atoms with Gasteiger partial charge in [0.15, 0.2) is 5.65 Å². The molecule has 3 fully saturated rings. The molecule has 13 heteroatoms. The highest BCUT2D eigenvalue weighted by atomic mass is 32.2. The molecule has 0 aromatic carbocycles. The predicted octanol–water partition coefficient (Wildman–Crippen LogP) is 2.88. The minimum absolute atomic E-state index is 0.0549. The molecule has 0 spiro atoms. The number of imidazole rings is 1. The molecule has 0 saturated heterocycles. The first-order chi connectivity index (χ1) is 18.1. The van der Waals surface area contributed by atoms with Crippen LogP contribution in [0.4, 0.5) is 0 Å². The zero-order valence-corrected chi connectivity index (χ0v) is 23.5. The van der Waals surface area contributed by atoms with Gasteiger partial charge in [-0.05, 0) is 62.8 Å². The maximum absolute atomic E-state index is 13.3. The fourth-order valence-corrected chi connectivity index (χ4v) is 8.87. The van der Waals surface area contributed by atoms with Crippen molar-refractivity contribution in [3.05, 3.63) is 43.0 Å². The van der Waals surface area contributed by atoms with E-state index in [2.05, 4.69) is 9.71 Å². The minimum atomic E-state index is -3.93. The second kappa shape index (κ2) is 9.76. The molecule has 3 heterocycles. The zero-order valence-electron chi connectivity index (χ0n) is 21.8. The van der Waals surface area contributed by atoms with E-state index in [1.54, 1.807) is 9.95 Å². The number of H-pyrrole nitrogens is 1. The van der Waals surface area contributed by atoms with E-state index in [1.165, 1.54) is 17.7 Å². The van der Waals surface area contributed by atoms with Crippen molar-refractivity contribution in [3.8, 4) is 0 Å². The Kier molecular flexibility index (Phi) is 6.89. The van der Waals surface area contributed by atoms with Crippen LogP contribution >= 0.6 is 11.3 Å². The van der Waals surface area contributed by atoms with E-state index in [9.17, 15) is 22.8 Å². The van der Waals surface area contributed by atoms with Crippen LogP contribution in [0.2, 0.25) is 0 Å². The molecule has 0 amide bonds. The average Bonchev–Trinajstić information content (AvgIpc) is 3.58. The highest BCUT2D eigenvalue weighted by Crippen LogP contribution is 2.53. The Hall–Kier alpha value is -2.77. The number of esters is 1. The summed E-state index contributed by atoms with van der Waals surface area (Å²) >= 11 is 1.04. The van der Waals surface area contributed by atoms with Gasteiger partial charge in [0.25, 0.3) is 5.56 Å². The Morgan fingerprint density at radius 2 is 1.74 bits per heavy atom. The minimum Gasteiger partial charge on any atom is -0.465 e. The van der Waals surface area contributed by atoms with Crippen LogP contribution < -0.4 is 16.0 Å². The largest absolute Gasteiger partial charge is 0.465 e. The number of carbonyl (C=O) groups is 1. The normalized spacial score (nSPS) is 23.2. The van der Waals surface area contributed by atoms with Crippen LogP contribution in [0.25, 0.3) is 11.2 Å². The second-order valence-corrected chi connectivity index (χ2v) is 13.0. The molecule has 38 heavy (non-hydrogen) atoms. The number of aryl methyl sites for hydroxylation is 1. The third-order valence-corrected chi connectivity index (χ3v) is 10.8. The molecule has 0 radical (unpaired) electrons. The number of fused-ring (bicyclic) bond motifs is 4. The fraction of sp³-hybridized carbons (Fsp3) is 0.600. The molecule has 206 valence electrons. The van der Waals surface area contributed by atoms with E-state index in [0.717, 1.165) is 17.8 Å². The molecule has 0 atom stereocenters. The Labute approximate surface area is 224 Å². The molecule has 0 unspecified atom stereocenters. The van der Waals surface area contributed by atoms with Crippen LogP contribution in [0.3, 0.4) is 0 Å². The molecule has 2 N–H and O–H groups in total. The van der Waals surface area contributed by atoms with Crippen LogP contribution in [0.15, 0.2) is 25.9 Å². The van der Waals surface area contributed by atoms with Gasteiger partial charge in [-0.1, -0.05) is 13.8 Å². The molecule has 0 aliphatic heterocycles. The topological polar surface area (TPSA) is 145 Å². The zero-order chi connectivity index (χ0) is 27.3. The van der Waals surface area contributed by atoms with Crippen molar-refractivity contribution >= 4 is 38.5 Å². The quantitative estimate of drug-likeness (QED) is 0.381. The number of methoxy groups -OCH3 is 1. The number of thiophene rings is 1. The van der Waals surface area contributed by atoms with E-state index >= 15 is 0 Å². The van der Waals surface area contributed by atoms with Crippen molar-refractivity contribution in [1.82, 2.24) is 23.8 Å². The number of nitrogens with zero attached hydrogens (tertiary/aromatic N) is 3. The SMILES string of the molecule is CCCn1c(=O)c2[nH]c(C34CCC(NS(=O)(=O)c5ccsc5C(=O)OC)(CC3)CC4)nc2n(CCC)c1=O. The third-order valence-electron chi connectivity index (χ3n) is 8.14. The summed E-state index contributed by atoms with van der Waals surface area (Å²) < 4.78 is 37.2. The van der Waals surface area contributed by atoms with Crippen molar-refractivity contribution in [1.29, 1.82) is 0 Å². The summed E-state index contributed by atoms with van der Waals surface area (Å²) in [5.41, 5.74) is -0.857. The van der Waals surface area contributed by atoms with Gasteiger partial charge in [-0.3, -0.25) is 13.9 Å². The molecule has 11 nitrogen and oxygen atoms in total. The van der Waals surface area contributed by atoms with Crippen molar-refractivity contribution in [2.75, 3.05) is 7.11 Å². The van der Waals surface area contributed by atoms with Crippen LogP contribution in [-0.2, 0) is 33.3 Å². The highest BCUT2D eigenvalue weighted by molar-refractivity contribution is 7.89. The van der Waals surface area contributed by atoms with Gasteiger partial charge in [0.1, 0.15) is 21.1 Å². The van der Waals surface area contributed by atoms with Gasteiger partial charge in [-0.15, -0.1) is 11.3 Å². The monoisotopic (exact) mass is 563 g/mol. The number of sulfonamides is 1. The van der Waals surface area contributed by atoms with Crippen LogP contribution in [0.1, 0.15) is 80.7 Å². The number of hydrogen-bond donors (Lipinski definition) is 2. The number of nitrogens with one attached hydrogen (secondary N) is 2. The van der Waals surface area contributed by atoms with Gasteiger partial charge in [0.05, 0.1) is 7.11 Å². The van der Waals surface area contributed by atoms with Gasteiger partial charge >= 0.3 is 11.7 Å². The molecule has 3 saturated carbocycles. The summed E-state index contributed by atoms with van der Waals surface area (Å²) in [4.78, 5) is 46.4. The van der Waals surface area contributed by atoms with Gasteiger partial charge in [0.2, 0.25) is 10.0 Å². The third kappa shape index (κ3) is 4.24. The Morgan fingerprint density at radius 1 is 1.11 bits per heavy atom. The molecule has 3 aliphatic carbocycles. The van der Waals surface area contributed by atoms with Crippen LogP contribution in [0.5, 0.6) is 0 Å². The number of hydrogen-bond acceptors (Lipinski definition) is 8. The Balaban J connectivity index is 1.45.